The summed E-state index contributed by atoms with van der Waals surface area (Å²) in [6.07, 6.45) is 1.73. The minimum absolute atomic E-state index is 0.227. The minimum Gasteiger partial charge on any atom is -0.457 e. The molecule has 2 aromatic rings. The molecule has 1 aliphatic rings. The van der Waals surface area contributed by atoms with Gasteiger partial charge in [-0.15, -0.1) is 0 Å². The Kier molecular flexibility index (Phi) is 3.66. The van der Waals surface area contributed by atoms with Crippen LogP contribution in [0.1, 0.15) is 5.56 Å². The molecule has 0 aromatic heterocycles. The largest absolute Gasteiger partial charge is 0.457 e. The molecule has 1 saturated heterocycles. The van der Waals surface area contributed by atoms with Crippen LogP contribution in [-0.2, 0) is 4.79 Å². The molecular formula is C16H12N2O2S. The molecule has 1 fully saturated rings. The first kappa shape index (κ1) is 13.3. The molecule has 3 rings (SSSR count). The van der Waals surface area contributed by atoms with E-state index in [0.717, 1.165) is 11.3 Å². The molecular weight excluding hydrogens is 284 g/mol. The van der Waals surface area contributed by atoms with E-state index in [1.165, 1.54) is 0 Å². The molecule has 0 radical (unpaired) electrons. The molecule has 0 spiro atoms. The Balaban J connectivity index is 1.82. The van der Waals surface area contributed by atoms with Crippen molar-refractivity contribution in [3.8, 4) is 11.5 Å². The first-order valence-electron chi connectivity index (χ1n) is 6.38. The van der Waals surface area contributed by atoms with E-state index < -0.39 is 0 Å². The van der Waals surface area contributed by atoms with Gasteiger partial charge in [0.05, 0.1) is 0 Å². The summed E-state index contributed by atoms with van der Waals surface area (Å²) < 4.78 is 5.76. The highest BCUT2D eigenvalue weighted by atomic mass is 32.1. The number of rotatable bonds is 3. The Bertz CT molecular complexity index is 726. The number of thiocarbonyl (C=S) groups is 1. The number of amides is 1. The zero-order valence-electron chi connectivity index (χ0n) is 11.0. The Morgan fingerprint density at radius 1 is 0.952 bits per heavy atom. The zero-order valence-corrected chi connectivity index (χ0v) is 11.8. The van der Waals surface area contributed by atoms with Crippen LogP contribution in [0.5, 0.6) is 11.5 Å². The van der Waals surface area contributed by atoms with Gasteiger partial charge in [0.1, 0.15) is 17.2 Å². The van der Waals surface area contributed by atoms with Crippen LogP contribution >= 0.6 is 12.2 Å². The fourth-order valence-corrected chi connectivity index (χ4v) is 2.14. The van der Waals surface area contributed by atoms with Crippen molar-refractivity contribution in [2.45, 2.75) is 0 Å². The molecule has 0 saturated carbocycles. The smallest absolute Gasteiger partial charge is 0.273 e. The molecule has 2 aromatic carbocycles. The van der Waals surface area contributed by atoms with Gasteiger partial charge in [-0.2, -0.15) is 0 Å². The highest BCUT2D eigenvalue weighted by Crippen LogP contribution is 2.22. The van der Waals surface area contributed by atoms with Crippen LogP contribution in [0.3, 0.4) is 0 Å². The molecule has 104 valence electrons. The van der Waals surface area contributed by atoms with Crippen molar-refractivity contribution in [3.05, 3.63) is 65.9 Å². The van der Waals surface area contributed by atoms with Gasteiger partial charge in [-0.05, 0) is 48.1 Å². The lowest BCUT2D eigenvalue weighted by Gasteiger charge is -2.06. The van der Waals surface area contributed by atoms with E-state index in [2.05, 4.69) is 10.6 Å². The van der Waals surface area contributed by atoms with E-state index >= 15 is 0 Å². The second-order valence-electron chi connectivity index (χ2n) is 4.45. The summed E-state index contributed by atoms with van der Waals surface area (Å²) in [7, 11) is 0. The van der Waals surface area contributed by atoms with Crippen LogP contribution < -0.4 is 15.4 Å². The van der Waals surface area contributed by atoms with Crippen molar-refractivity contribution in [1.29, 1.82) is 0 Å². The quantitative estimate of drug-likeness (QED) is 0.675. The van der Waals surface area contributed by atoms with E-state index in [4.69, 9.17) is 17.0 Å². The summed E-state index contributed by atoms with van der Waals surface area (Å²) in [5.74, 6) is 1.24. The van der Waals surface area contributed by atoms with Crippen molar-refractivity contribution in [1.82, 2.24) is 10.6 Å². The average molecular weight is 296 g/mol. The standard InChI is InChI=1S/C16H12N2O2S/c19-15-14(17-16(21)18-15)10-11-5-4-8-13(9-11)20-12-6-2-1-3-7-12/h1-10H,(H2,17,18,19,21)/b14-10+. The Morgan fingerprint density at radius 2 is 1.71 bits per heavy atom. The molecule has 0 aliphatic carbocycles. The van der Waals surface area contributed by atoms with Crippen LogP contribution in [0.2, 0.25) is 0 Å². The molecule has 0 bridgehead atoms. The summed E-state index contributed by atoms with van der Waals surface area (Å²) in [4.78, 5) is 11.6. The predicted molar refractivity (Wildman–Crippen MR) is 84.8 cm³/mol. The molecule has 0 unspecified atom stereocenters. The summed E-state index contributed by atoms with van der Waals surface area (Å²) in [6.45, 7) is 0. The molecule has 1 heterocycles. The number of nitrogens with one attached hydrogen (secondary N) is 2. The van der Waals surface area contributed by atoms with Crippen LogP contribution in [0.4, 0.5) is 0 Å². The van der Waals surface area contributed by atoms with E-state index in [9.17, 15) is 4.79 Å². The van der Waals surface area contributed by atoms with Gasteiger partial charge in [-0.25, -0.2) is 0 Å². The monoisotopic (exact) mass is 296 g/mol. The van der Waals surface area contributed by atoms with E-state index in [0.29, 0.717) is 16.6 Å². The lowest BCUT2D eigenvalue weighted by molar-refractivity contribution is -0.115. The highest BCUT2D eigenvalue weighted by Gasteiger charge is 2.19. The molecule has 4 nitrogen and oxygen atoms in total. The Labute approximate surface area is 127 Å². The maximum absolute atomic E-state index is 11.6. The van der Waals surface area contributed by atoms with Gasteiger partial charge >= 0.3 is 0 Å². The molecule has 1 aliphatic heterocycles. The molecule has 21 heavy (non-hydrogen) atoms. The molecule has 0 atom stereocenters. The fraction of sp³-hybridized carbons (Fsp3) is 0. The Morgan fingerprint density at radius 3 is 2.43 bits per heavy atom. The summed E-state index contributed by atoms with van der Waals surface area (Å²) >= 11 is 4.89. The van der Waals surface area contributed by atoms with Crippen molar-refractivity contribution in [3.63, 3.8) is 0 Å². The number of para-hydroxylation sites is 1. The SMILES string of the molecule is O=C1NC(=S)N/C1=C/c1cccc(Oc2ccccc2)c1. The third kappa shape index (κ3) is 3.27. The number of hydrogen-bond donors (Lipinski definition) is 2. The van der Waals surface area contributed by atoms with E-state index in [1.54, 1.807) is 6.08 Å². The third-order valence-corrected chi connectivity index (χ3v) is 3.07. The van der Waals surface area contributed by atoms with Crippen molar-refractivity contribution >= 4 is 29.3 Å². The minimum atomic E-state index is -0.227. The summed E-state index contributed by atoms with van der Waals surface area (Å²) in [5.41, 5.74) is 1.28. The van der Waals surface area contributed by atoms with Gasteiger partial charge in [0.2, 0.25) is 0 Å². The van der Waals surface area contributed by atoms with Gasteiger partial charge in [0, 0.05) is 0 Å². The van der Waals surface area contributed by atoms with Gasteiger partial charge in [0.25, 0.3) is 5.91 Å². The van der Waals surface area contributed by atoms with Gasteiger partial charge in [-0.1, -0.05) is 30.3 Å². The Hall–Kier alpha value is -2.66. The van der Waals surface area contributed by atoms with Crippen molar-refractivity contribution in [2.24, 2.45) is 0 Å². The maximum Gasteiger partial charge on any atom is 0.273 e. The number of benzene rings is 2. The topological polar surface area (TPSA) is 50.4 Å². The summed E-state index contributed by atoms with van der Waals surface area (Å²) in [5, 5.41) is 5.66. The van der Waals surface area contributed by atoms with Crippen molar-refractivity contribution in [2.75, 3.05) is 0 Å². The first-order chi connectivity index (χ1) is 10.2. The molecule has 2 N–H and O–H groups in total. The summed E-state index contributed by atoms with van der Waals surface area (Å²) in [6, 6.07) is 17.0. The second kappa shape index (κ2) is 5.76. The fourth-order valence-electron chi connectivity index (χ4n) is 1.94. The predicted octanol–water partition coefficient (Wildman–Crippen LogP) is 2.82. The second-order valence-corrected chi connectivity index (χ2v) is 4.86. The first-order valence-corrected chi connectivity index (χ1v) is 6.78. The van der Waals surface area contributed by atoms with Crippen molar-refractivity contribution < 1.29 is 9.53 Å². The number of carbonyl (C=O) groups excluding carboxylic acids is 1. The zero-order chi connectivity index (χ0) is 14.7. The van der Waals surface area contributed by atoms with Gasteiger partial charge in [0.15, 0.2) is 5.11 Å². The highest BCUT2D eigenvalue weighted by molar-refractivity contribution is 7.80. The number of hydrogen-bond acceptors (Lipinski definition) is 3. The van der Waals surface area contributed by atoms with E-state index in [1.807, 2.05) is 54.6 Å². The lowest BCUT2D eigenvalue weighted by atomic mass is 10.2. The van der Waals surface area contributed by atoms with Crippen LogP contribution in [-0.4, -0.2) is 11.0 Å². The number of carbonyl (C=O) groups is 1. The van der Waals surface area contributed by atoms with E-state index in [-0.39, 0.29) is 5.91 Å². The maximum atomic E-state index is 11.6. The normalized spacial score (nSPS) is 15.7. The molecule has 1 amide bonds. The lowest BCUT2D eigenvalue weighted by Crippen LogP contribution is -2.21. The third-order valence-electron chi connectivity index (χ3n) is 2.87. The molecule has 5 heteroatoms. The number of ether oxygens (including phenoxy) is 1. The van der Waals surface area contributed by atoms with Crippen LogP contribution in [0.25, 0.3) is 6.08 Å². The van der Waals surface area contributed by atoms with Gasteiger partial charge in [-0.3, -0.25) is 10.1 Å². The van der Waals surface area contributed by atoms with Crippen LogP contribution in [0, 0.1) is 0 Å². The van der Waals surface area contributed by atoms with Gasteiger partial charge < -0.3 is 10.1 Å². The van der Waals surface area contributed by atoms with Crippen LogP contribution in [0.15, 0.2) is 60.3 Å². The average Bonchev–Trinajstić information content (AvgIpc) is 2.78.